The molecule has 0 spiro atoms. The molecule has 0 bridgehead atoms. The molecule has 0 aromatic carbocycles. The molecule has 1 aliphatic heterocycles. The van der Waals surface area contributed by atoms with Gasteiger partial charge in [-0.25, -0.2) is 4.98 Å². The lowest BCUT2D eigenvalue weighted by Crippen LogP contribution is -2.41. The minimum Gasteiger partial charge on any atom is -0.293 e. The second-order valence-electron chi connectivity index (χ2n) is 5.71. The molecule has 4 nitrogen and oxygen atoms in total. The van der Waals surface area contributed by atoms with Gasteiger partial charge in [-0.1, -0.05) is 6.42 Å². The molecule has 20 heavy (non-hydrogen) atoms. The van der Waals surface area contributed by atoms with E-state index in [0.717, 1.165) is 18.1 Å². The van der Waals surface area contributed by atoms with Crippen molar-refractivity contribution in [3.63, 3.8) is 0 Å². The summed E-state index contributed by atoms with van der Waals surface area (Å²) >= 11 is 1.82. The average molecular weight is 290 g/mol. The van der Waals surface area contributed by atoms with Crippen LogP contribution in [0.2, 0.25) is 0 Å². The van der Waals surface area contributed by atoms with Crippen LogP contribution in [0, 0.1) is 13.8 Å². The molecule has 3 heterocycles. The van der Waals surface area contributed by atoms with Crippen LogP contribution in [0.4, 0.5) is 0 Å². The topological polar surface area (TPSA) is 34.0 Å². The molecule has 0 saturated carbocycles. The van der Waals surface area contributed by atoms with Crippen molar-refractivity contribution < 1.29 is 0 Å². The van der Waals surface area contributed by atoms with Crippen molar-refractivity contribution in [2.75, 3.05) is 6.54 Å². The van der Waals surface area contributed by atoms with Crippen LogP contribution in [0.15, 0.2) is 18.6 Å². The number of piperidine rings is 1. The van der Waals surface area contributed by atoms with E-state index in [4.69, 9.17) is 0 Å². The standard InChI is InChI=1S/C15H22N4S/c1-12-7-17-19(9-12)10-14-5-3-4-6-18(14)11-15-8-16-13(2)20-15/h7-9,14H,3-6,10-11H2,1-2H3/t14-/m1/s1. The fraction of sp³-hybridized carbons (Fsp3) is 0.600. The van der Waals surface area contributed by atoms with Gasteiger partial charge in [0, 0.05) is 29.9 Å². The highest BCUT2D eigenvalue weighted by Gasteiger charge is 2.23. The first-order chi connectivity index (χ1) is 9.70. The normalized spacial score (nSPS) is 20.4. The van der Waals surface area contributed by atoms with E-state index in [-0.39, 0.29) is 0 Å². The van der Waals surface area contributed by atoms with Crippen molar-refractivity contribution >= 4 is 11.3 Å². The Morgan fingerprint density at radius 3 is 2.90 bits per heavy atom. The molecule has 1 aliphatic rings. The molecule has 1 atom stereocenters. The third kappa shape index (κ3) is 3.27. The highest BCUT2D eigenvalue weighted by molar-refractivity contribution is 7.11. The molecule has 0 aliphatic carbocycles. The van der Waals surface area contributed by atoms with E-state index in [9.17, 15) is 0 Å². The first-order valence-electron chi connectivity index (χ1n) is 7.35. The van der Waals surface area contributed by atoms with Crippen LogP contribution in [-0.4, -0.2) is 32.3 Å². The zero-order chi connectivity index (χ0) is 13.9. The first-order valence-corrected chi connectivity index (χ1v) is 8.17. The van der Waals surface area contributed by atoms with Crippen molar-refractivity contribution in [2.45, 2.75) is 52.2 Å². The van der Waals surface area contributed by atoms with Crippen LogP contribution in [0.1, 0.15) is 34.7 Å². The number of nitrogens with zero attached hydrogens (tertiary/aromatic N) is 4. The maximum atomic E-state index is 4.44. The van der Waals surface area contributed by atoms with Crippen LogP contribution < -0.4 is 0 Å². The van der Waals surface area contributed by atoms with E-state index in [1.165, 1.54) is 36.2 Å². The van der Waals surface area contributed by atoms with E-state index in [2.05, 4.69) is 39.7 Å². The van der Waals surface area contributed by atoms with Crippen molar-refractivity contribution in [3.05, 3.63) is 34.0 Å². The molecular formula is C15H22N4S. The molecule has 3 rings (SSSR count). The van der Waals surface area contributed by atoms with Crippen LogP contribution in [-0.2, 0) is 13.1 Å². The van der Waals surface area contributed by atoms with Gasteiger partial charge >= 0.3 is 0 Å². The van der Waals surface area contributed by atoms with E-state index in [1.54, 1.807) is 0 Å². The van der Waals surface area contributed by atoms with Crippen molar-refractivity contribution in [1.82, 2.24) is 19.7 Å². The lowest BCUT2D eigenvalue weighted by Gasteiger charge is -2.35. The molecule has 0 amide bonds. The average Bonchev–Trinajstić information content (AvgIpc) is 3.01. The highest BCUT2D eigenvalue weighted by atomic mass is 32.1. The summed E-state index contributed by atoms with van der Waals surface area (Å²) in [5, 5.41) is 5.60. The molecule has 108 valence electrons. The van der Waals surface area contributed by atoms with Crippen molar-refractivity contribution in [2.24, 2.45) is 0 Å². The van der Waals surface area contributed by atoms with Crippen LogP contribution in [0.25, 0.3) is 0 Å². The van der Waals surface area contributed by atoms with Crippen molar-refractivity contribution in [3.8, 4) is 0 Å². The summed E-state index contributed by atoms with van der Waals surface area (Å²) in [6.45, 7) is 7.42. The first kappa shape index (κ1) is 13.8. The van der Waals surface area contributed by atoms with E-state index in [1.807, 2.05) is 23.7 Å². The zero-order valence-corrected chi connectivity index (χ0v) is 13.1. The largest absolute Gasteiger partial charge is 0.293 e. The maximum absolute atomic E-state index is 4.44. The predicted octanol–water partition coefficient (Wildman–Crippen LogP) is 3.01. The minimum absolute atomic E-state index is 0.602. The van der Waals surface area contributed by atoms with E-state index >= 15 is 0 Å². The van der Waals surface area contributed by atoms with Gasteiger partial charge < -0.3 is 0 Å². The lowest BCUT2D eigenvalue weighted by atomic mass is 10.0. The van der Waals surface area contributed by atoms with Gasteiger partial charge in [-0.15, -0.1) is 11.3 Å². The summed E-state index contributed by atoms with van der Waals surface area (Å²) < 4.78 is 2.09. The fourth-order valence-electron chi connectivity index (χ4n) is 2.94. The van der Waals surface area contributed by atoms with Gasteiger partial charge in [0.1, 0.15) is 0 Å². The summed E-state index contributed by atoms with van der Waals surface area (Å²) in [6, 6.07) is 0.602. The Balaban J connectivity index is 1.67. The molecule has 5 heteroatoms. The Morgan fingerprint density at radius 1 is 1.30 bits per heavy atom. The molecule has 0 unspecified atom stereocenters. The smallest absolute Gasteiger partial charge is 0.0897 e. The number of rotatable bonds is 4. The van der Waals surface area contributed by atoms with Gasteiger partial charge in [0.15, 0.2) is 0 Å². The summed E-state index contributed by atoms with van der Waals surface area (Å²) in [6.07, 6.45) is 10.0. The SMILES string of the molecule is Cc1cnn(C[C@H]2CCCCN2Cc2cnc(C)s2)c1. The van der Waals surface area contributed by atoms with Gasteiger partial charge in [-0.2, -0.15) is 5.10 Å². The number of aromatic nitrogens is 3. The summed E-state index contributed by atoms with van der Waals surface area (Å²) in [4.78, 5) is 8.35. The fourth-order valence-corrected chi connectivity index (χ4v) is 3.76. The van der Waals surface area contributed by atoms with E-state index < -0.39 is 0 Å². The van der Waals surface area contributed by atoms with Gasteiger partial charge in [0.05, 0.1) is 17.7 Å². The summed E-state index contributed by atoms with van der Waals surface area (Å²) in [5.74, 6) is 0. The molecule has 1 saturated heterocycles. The van der Waals surface area contributed by atoms with Crippen LogP contribution in [0.3, 0.4) is 0 Å². The third-order valence-electron chi connectivity index (χ3n) is 3.94. The number of hydrogen-bond acceptors (Lipinski definition) is 4. The maximum Gasteiger partial charge on any atom is 0.0897 e. The van der Waals surface area contributed by atoms with E-state index in [0.29, 0.717) is 6.04 Å². The lowest BCUT2D eigenvalue weighted by molar-refractivity contribution is 0.123. The van der Waals surface area contributed by atoms with Gasteiger partial charge in [-0.3, -0.25) is 9.58 Å². The summed E-state index contributed by atoms with van der Waals surface area (Å²) in [5.41, 5.74) is 1.24. The number of aryl methyl sites for hydroxylation is 2. The monoisotopic (exact) mass is 290 g/mol. The zero-order valence-electron chi connectivity index (χ0n) is 12.2. The molecule has 1 fully saturated rings. The molecular weight excluding hydrogens is 268 g/mol. The molecule has 2 aromatic heterocycles. The molecule has 0 radical (unpaired) electrons. The molecule has 2 aromatic rings. The van der Waals surface area contributed by atoms with Crippen LogP contribution >= 0.6 is 11.3 Å². The summed E-state index contributed by atoms with van der Waals surface area (Å²) in [7, 11) is 0. The Bertz CT molecular complexity index is 509. The van der Waals surface area contributed by atoms with Crippen LogP contribution in [0.5, 0.6) is 0 Å². The Hall–Kier alpha value is -1.20. The Kier molecular flexibility index (Phi) is 4.17. The molecule has 0 N–H and O–H groups in total. The minimum atomic E-state index is 0.602. The van der Waals surface area contributed by atoms with Gasteiger partial charge in [-0.05, 0) is 38.8 Å². The quantitative estimate of drug-likeness (QED) is 0.868. The second-order valence-corrected chi connectivity index (χ2v) is 7.02. The second kappa shape index (κ2) is 6.06. The Morgan fingerprint density at radius 2 is 2.20 bits per heavy atom. The van der Waals surface area contributed by atoms with Gasteiger partial charge in [0.25, 0.3) is 0 Å². The van der Waals surface area contributed by atoms with Crippen molar-refractivity contribution in [1.29, 1.82) is 0 Å². The third-order valence-corrected chi connectivity index (χ3v) is 4.83. The predicted molar refractivity (Wildman–Crippen MR) is 81.9 cm³/mol. The Labute approximate surface area is 124 Å². The number of likely N-dealkylation sites (tertiary alicyclic amines) is 1. The number of thiazole rings is 1. The highest BCUT2D eigenvalue weighted by Crippen LogP contribution is 2.23. The van der Waals surface area contributed by atoms with Gasteiger partial charge in [0.2, 0.25) is 0 Å². The number of hydrogen-bond donors (Lipinski definition) is 0.